The monoisotopic (exact) mass is 328 g/mol. The number of fused-ring (bicyclic) bond motifs is 2. The molecule has 126 valence electrons. The standard InChI is InChI=1S/C23H24N2/c1-14-6-8-15(9-7-14)23-11-10-16(18-12-24-13-19(18)23)22-21(23)17-4-2-3-5-20(17)25-22/h2-9,16,18-19,24-25H,10-13H2,1H3. The van der Waals surface area contributed by atoms with Gasteiger partial charge >= 0.3 is 0 Å². The molecule has 1 saturated carbocycles. The van der Waals surface area contributed by atoms with Crippen LogP contribution in [0.1, 0.15) is 41.1 Å². The van der Waals surface area contributed by atoms with Gasteiger partial charge in [-0.3, -0.25) is 0 Å². The van der Waals surface area contributed by atoms with Gasteiger partial charge in [-0.25, -0.2) is 0 Å². The second-order valence-corrected chi connectivity index (χ2v) is 8.37. The molecule has 4 aliphatic rings. The lowest BCUT2D eigenvalue weighted by Crippen LogP contribution is -2.51. The topological polar surface area (TPSA) is 27.8 Å². The highest BCUT2D eigenvalue weighted by Crippen LogP contribution is 2.63. The molecular weight excluding hydrogens is 304 g/mol. The molecule has 1 saturated heterocycles. The fourth-order valence-electron chi connectivity index (χ4n) is 6.39. The van der Waals surface area contributed by atoms with Gasteiger partial charge in [-0.05, 0) is 61.9 Å². The predicted molar refractivity (Wildman–Crippen MR) is 102 cm³/mol. The van der Waals surface area contributed by atoms with E-state index in [1.165, 1.54) is 47.1 Å². The molecule has 0 spiro atoms. The Labute approximate surface area is 148 Å². The van der Waals surface area contributed by atoms with E-state index < -0.39 is 0 Å². The van der Waals surface area contributed by atoms with Crippen molar-refractivity contribution in [3.63, 3.8) is 0 Å². The average Bonchev–Trinajstić information content (AvgIpc) is 3.29. The molecule has 2 heterocycles. The summed E-state index contributed by atoms with van der Waals surface area (Å²) < 4.78 is 0. The van der Waals surface area contributed by atoms with Crippen molar-refractivity contribution in [2.24, 2.45) is 11.8 Å². The predicted octanol–water partition coefficient (Wildman–Crippen LogP) is 4.49. The number of para-hydroxylation sites is 1. The van der Waals surface area contributed by atoms with Crippen LogP contribution in [0.15, 0.2) is 48.5 Å². The summed E-state index contributed by atoms with van der Waals surface area (Å²) in [5.41, 5.74) is 7.53. The first kappa shape index (κ1) is 14.1. The molecule has 2 heteroatoms. The number of aromatic amines is 1. The van der Waals surface area contributed by atoms with Gasteiger partial charge < -0.3 is 10.3 Å². The van der Waals surface area contributed by atoms with Crippen molar-refractivity contribution in [1.82, 2.24) is 10.3 Å². The van der Waals surface area contributed by atoms with Crippen molar-refractivity contribution in [1.29, 1.82) is 0 Å². The molecule has 1 aromatic heterocycles. The maximum atomic E-state index is 3.84. The summed E-state index contributed by atoms with van der Waals surface area (Å²) in [4.78, 5) is 3.84. The summed E-state index contributed by atoms with van der Waals surface area (Å²) in [6.07, 6.45) is 2.61. The Kier molecular flexibility index (Phi) is 2.70. The quantitative estimate of drug-likeness (QED) is 0.677. The number of aryl methyl sites for hydroxylation is 1. The zero-order chi connectivity index (χ0) is 16.6. The number of hydrogen-bond acceptors (Lipinski definition) is 1. The maximum absolute atomic E-state index is 3.84. The van der Waals surface area contributed by atoms with Gasteiger partial charge in [0, 0.05) is 27.9 Å². The third kappa shape index (κ3) is 1.64. The van der Waals surface area contributed by atoms with Crippen LogP contribution in [0.2, 0.25) is 0 Å². The summed E-state index contributed by atoms with van der Waals surface area (Å²) >= 11 is 0. The van der Waals surface area contributed by atoms with Gasteiger partial charge in [-0.15, -0.1) is 0 Å². The lowest BCUT2D eigenvalue weighted by atomic mass is 9.48. The number of aromatic nitrogens is 1. The summed E-state index contributed by atoms with van der Waals surface area (Å²) in [6.45, 7) is 4.53. The molecule has 2 bridgehead atoms. The summed E-state index contributed by atoms with van der Waals surface area (Å²) in [6, 6.07) is 18.4. The number of H-pyrrole nitrogens is 1. The minimum Gasteiger partial charge on any atom is -0.358 e. The van der Waals surface area contributed by atoms with Crippen molar-refractivity contribution < 1.29 is 0 Å². The molecule has 2 N–H and O–H groups in total. The minimum absolute atomic E-state index is 0.172. The van der Waals surface area contributed by atoms with E-state index >= 15 is 0 Å². The van der Waals surface area contributed by atoms with E-state index in [4.69, 9.17) is 0 Å². The zero-order valence-electron chi connectivity index (χ0n) is 14.7. The zero-order valence-corrected chi connectivity index (χ0v) is 14.7. The van der Waals surface area contributed by atoms with Crippen LogP contribution in [0.4, 0.5) is 0 Å². The molecule has 1 aliphatic heterocycles. The normalized spacial score (nSPS) is 32.8. The van der Waals surface area contributed by atoms with Gasteiger partial charge in [0.25, 0.3) is 0 Å². The molecule has 3 aromatic rings. The fraction of sp³-hybridized carbons (Fsp3) is 0.391. The van der Waals surface area contributed by atoms with E-state index in [1.54, 1.807) is 5.56 Å². The SMILES string of the molecule is Cc1ccc(C23CCC(c4[nH]c5ccccc5c42)C2CNCC23)cc1. The molecule has 3 aliphatic carbocycles. The van der Waals surface area contributed by atoms with Crippen LogP contribution < -0.4 is 5.32 Å². The lowest BCUT2D eigenvalue weighted by molar-refractivity contribution is 0.136. The highest BCUT2D eigenvalue weighted by Gasteiger charge is 2.59. The third-order valence-electron chi connectivity index (χ3n) is 7.38. The summed E-state index contributed by atoms with van der Waals surface area (Å²) in [5.74, 6) is 2.20. The second-order valence-electron chi connectivity index (χ2n) is 8.37. The fourth-order valence-corrected chi connectivity index (χ4v) is 6.39. The molecule has 4 unspecified atom stereocenters. The molecule has 2 fully saturated rings. The van der Waals surface area contributed by atoms with Crippen LogP contribution in [-0.4, -0.2) is 18.1 Å². The number of nitrogens with one attached hydrogen (secondary N) is 2. The molecule has 0 amide bonds. The number of hydrogen-bond donors (Lipinski definition) is 2. The Morgan fingerprint density at radius 2 is 1.84 bits per heavy atom. The largest absolute Gasteiger partial charge is 0.358 e. The van der Waals surface area contributed by atoms with Crippen molar-refractivity contribution in [3.05, 3.63) is 70.9 Å². The van der Waals surface area contributed by atoms with E-state index in [9.17, 15) is 0 Å². The lowest BCUT2D eigenvalue weighted by Gasteiger charge is -2.54. The summed E-state index contributed by atoms with van der Waals surface area (Å²) in [7, 11) is 0. The van der Waals surface area contributed by atoms with Gasteiger partial charge in [-0.2, -0.15) is 0 Å². The highest BCUT2D eigenvalue weighted by atomic mass is 15.0. The Hall–Kier alpha value is -2.06. The van der Waals surface area contributed by atoms with Crippen molar-refractivity contribution in [3.8, 4) is 0 Å². The van der Waals surface area contributed by atoms with Crippen LogP contribution in [0.5, 0.6) is 0 Å². The molecule has 2 nitrogen and oxygen atoms in total. The van der Waals surface area contributed by atoms with Crippen LogP contribution in [0.25, 0.3) is 10.9 Å². The average molecular weight is 328 g/mol. The van der Waals surface area contributed by atoms with Crippen molar-refractivity contribution in [2.75, 3.05) is 13.1 Å². The minimum atomic E-state index is 0.172. The Morgan fingerprint density at radius 3 is 2.72 bits per heavy atom. The first-order valence-corrected chi connectivity index (χ1v) is 9.68. The maximum Gasteiger partial charge on any atom is 0.0459 e. The van der Waals surface area contributed by atoms with E-state index in [0.29, 0.717) is 5.92 Å². The van der Waals surface area contributed by atoms with Crippen molar-refractivity contribution >= 4 is 10.9 Å². The highest BCUT2D eigenvalue weighted by molar-refractivity contribution is 5.88. The van der Waals surface area contributed by atoms with Crippen LogP contribution in [0.3, 0.4) is 0 Å². The molecule has 7 rings (SSSR count). The Morgan fingerprint density at radius 1 is 1.00 bits per heavy atom. The Balaban J connectivity index is 1.71. The number of rotatable bonds is 1. The van der Waals surface area contributed by atoms with E-state index in [0.717, 1.165) is 18.4 Å². The number of benzene rings is 2. The van der Waals surface area contributed by atoms with Crippen LogP contribution >= 0.6 is 0 Å². The summed E-state index contributed by atoms with van der Waals surface area (Å²) in [5, 5.41) is 5.18. The molecule has 0 radical (unpaired) electrons. The molecular formula is C23H24N2. The molecule has 25 heavy (non-hydrogen) atoms. The Bertz CT molecular complexity index is 967. The van der Waals surface area contributed by atoms with Gasteiger partial charge in [0.2, 0.25) is 0 Å². The van der Waals surface area contributed by atoms with Gasteiger partial charge in [0.1, 0.15) is 0 Å². The van der Waals surface area contributed by atoms with Crippen LogP contribution in [-0.2, 0) is 5.41 Å². The van der Waals surface area contributed by atoms with Gasteiger partial charge in [-0.1, -0.05) is 48.0 Å². The smallest absolute Gasteiger partial charge is 0.0459 e. The first-order chi connectivity index (χ1) is 12.3. The molecule has 2 aromatic carbocycles. The van der Waals surface area contributed by atoms with Crippen molar-refractivity contribution in [2.45, 2.75) is 31.1 Å². The van der Waals surface area contributed by atoms with E-state index in [-0.39, 0.29) is 5.41 Å². The third-order valence-corrected chi connectivity index (χ3v) is 7.38. The van der Waals surface area contributed by atoms with Gasteiger partial charge in [0.15, 0.2) is 0 Å². The molecule has 4 atom stereocenters. The van der Waals surface area contributed by atoms with Crippen LogP contribution in [0, 0.1) is 18.8 Å². The first-order valence-electron chi connectivity index (χ1n) is 9.68. The van der Waals surface area contributed by atoms with E-state index in [2.05, 4.69) is 65.8 Å². The van der Waals surface area contributed by atoms with Gasteiger partial charge in [0.05, 0.1) is 0 Å². The van der Waals surface area contributed by atoms with E-state index in [1.807, 2.05) is 0 Å². The second kappa shape index (κ2) is 4.76.